The van der Waals surface area contributed by atoms with Gasteiger partial charge in [0.1, 0.15) is 6.23 Å². The van der Waals surface area contributed by atoms with Gasteiger partial charge in [-0.2, -0.15) is 0 Å². The summed E-state index contributed by atoms with van der Waals surface area (Å²) in [5, 5.41) is 9.60. The average molecular weight is 366 g/mol. The van der Waals surface area contributed by atoms with Crippen molar-refractivity contribution < 1.29 is 14.6 Å². The van der Waals surface area contributed by atoms with Gasteiger partial charge in [0, 0.05) is 19.7 Å². The summed E-state index contributed by atoms with van der Waals surface area (Å²) in [5.74, 6) is 0. The second kappa shape index (κ2) is 16.6. The molecule has 1 fully saturated rings. The molecule has 0 aromatic rings. The zero-order valence-corrected chi connectivity index (χ0v) is 16.7. The molecule has 146 valence electrons. The lowest BCUT2D eigenvalue weighted by molar-refractivity contribution is -0.109. The van der Waals surface area contributed by atoms with Crippen molar-refractivity contribution in [2.24, 2.45) is 0 Å². The standard InChI is InChI=1S/C19H39NO3.ClH/c1-3-4-5-6-7-8-9-10-11-12-14-22-17-19-16-20(18(2)21)13-15-23-19;/h18-19,21H,3-17H2,1-2H3;1H. The first kappa shape index (κ1) is 24.1. The van der Waals surface area contributed by atoms with Crippen LogP contribution in [0.25, 0.3) is 0 Å². The van der Waals surface area contributed by atoms with E-state index in [1.54, 1.807) is 0 Å². The highest BCUT2D eigenvalue weighted by atomic mass is 35.5. The van der Waals surface area contributed by atoms with E-state index in [1.165, 1.54) is 57.8 Å². The number of morpholine rings is 1. The van der Waals surface area contributed by atoms with E-state index >= 15 is 0 Å². The Hall–Kier alpha value is 0.130. The molecule has 2 atom stereocenters. The number of ether oxygens (including phenoxy) is 2. The van der Waals surface area contributed by atoms with Crippen molar-refractivity contribution in [3.63, 3.8) is 0 Å². The van der Waals surface area contributed by atoms with Gasteiger partial charge in [-0.15, -0.1) is 12.4 Å². The molecule has 0 aliphatic carbocycles. The minimum absolute atomic E-state index is 0. The summed E-state index contributed by atoms with van der Waals surface area (Å²) in [7, 11) is 0. The second-order valence-electron chi connectivity index (χ2n) is 6.88. The first-order chi connectivity index (χ1) is 11.2. The van der Waals surface area contributed by atoms with Gasteiger partial charge in [0.25, 0.3) is 0 Å². The highest BCUT2D eigenvalue weighted by molar-refractivity contribution is 5.85. The van der Waals surface area contributed by atoms with Gasteiger partial charge in [0.2, 0.25) is 0 Å². The van der Waals surface area contributed by atoms with E-state index in [0.717, 1.165) is 26.1 Å². The molecular formula is C19H40ClNO3. The molecule has 0 aromatic heterocycles. The highest BCUT2D eigenvalue weighted by Crippen LogP contribution is 2.11. The Bertz CT molecular complexity index is 267. The van der Waals surface area contributed by atoms with Crippen molar-refractivity contribution in [1.82, 2.24) is 4.90 Å². The fraction of sp³-hybridized carbons (Fsp3) is 1.00. The maximum Gasteiger partial charge on any atom is 0.104 e. The number of hydrogen-bond acceptors (Lipinski definition) is 4. The van der Waals surface area contributed by atoms with Gasteiger partial charge >= 0.3 is 0 Å². The van der Waals surface area contributed by atoms with Crippen molar-refractivity contribution >= 4 is 12.4 Å². The molecular weight excluding hydrogens is 326 g/mol. The number of aliphatic hydroxyl groups is 1. The first-order valence-electron chi connectivity index (χ1n) is 9.85. The van der Waals surface area contributed by atoms with Crippen LogP contribution in [0.3, 0.4) is 0 Å². The molecule has 1 aliphatic heterocycles. The molecule has 1 heterocycles. The lowest BCUT2D eigenvalue weighted by Gasteiger charge is -2.34. The number of hydrogen-bond donors (Lipinski definition) is 1. The van der Waals surface area contributed by atoms with Crippen molar-refractivity contribution in [3.05, 3.63) is 0 Å². The van der Waals surface area contributed by atoms with Crippen molar-refractivity contribution in [1.29, 1.82) is 0 Å². The lowest BCUT2D eigenvalue weighted by atomic mass is 10.1. The SMILES string of the molecule is CCCCCCCCCCCCOCC1CN(C(C)O)CCO1.Cl. The largest absolute Gasteiger partial charge is 0.379 e. The topological polar surface area (TPSA) is 41.9 Å². The fourth-order valence-corrected chi connectivity index (χ4v) is 3.09. The Kier molecular flexibility index (Phi) is 16.7. The Morgan fingerprint density at radius 3 is 2.21 bits per heavy atom. The zero-order chi connectivity index (χ0) is 16.8. The van der Waals surface area contributed by atoms with E-state index in [4.69, 9.17) is 9.47 Å². The van der Waals surface area contributed by atoms with Crippen LogP contribution < -0.4 is 0 Å². The van der Waals surface area contributed by atoms with Gasteiger partial charge in [-0.05, 0) is 13.3 Å². The van der Waals surface area contributed by atoms with E-state index in [9.17, 15) is 5.11 Å². The number of halogens is 1. The molecule has 1 aliphatic rings. The maximum absolute atomic E-state index is 9.60. The van der Waals surface area contributed by atoms with Crippen LogP contribution in [0.4, 0.5) is 0 Å². The first-order valence-corrected chi connectivity index (χ1v) is 9.85. The molecule has 1 rings (SSSR count). The third-order valence-corrected chi connectivity index (χ3v) is 4.64. The molecule has 0 radical (unpaired) electrons. The molecule has 1 saturated heterocycles. The molecule has 2 unspecified atom stereocenters. The predicted octanol–water partition coefficient (Wildman–Crippen LogP) is 4.38. The monoisotopic (exact) mass is 365 g/mol. The minimum Gasteiger partial charge on any atom is -0.379 e. The van der Waals surface area contributed by atoms with Gasteiger partial charge < -0.3 is 14.6 Å². The third kappa shape index (κ3) is 12.5. The number of rotatable bonds is 14. The molecule has 0 bridgehead atoms. The van der Waals surface area contributed by atoms with Crippen LogP contribution in [-0.2, 0) is 9.47 Å². The van der Waals surface area contributed by atoms with E-state index in [-0.39, 0.29) is 24.7 Å². The Labute approximate surface area is 155 Å². The average Bonchev–Trinajstić information content (AvgIpc) is 2.56. The molecule has 0 spiro atoms. The van der Waals surface area contributed by atoms with Gasteiger partial charge in [-0.3, -0.25) is 4.90 Å². The molecule has 24 heavy (non-hydrogen) atoms. The van der Waals surface area contributed by atoms with Crippen LogP contribution in [0.1, 0.15) is 78.1 Å². The quantitative estimate of drug-likeness (QED) is 0.464. The third-order valence-electron chi connectivity index (χ3n) is 4.64. The summed E-state index contributed by atoms with van der Waals surface area (Å²) < 4.78 is 11.4. The molecule has 0 saturated carbocycles. The minimum atomic E-state index is -0.386. The molecule has 5 heteroatoms. The highest BCUT2D eigenvalue weighted by Gasteiger charge is 2.22. The van der Waals surface area contributed by atoms with Crippen LogP contribution >= 0.6 is 12.4 Å². The molecule has 0 aromatic carbocycles. The zero-order valence-electron chi connectivity index (χ0n) is 15.9. The summed E-state index contributed by atoms with van der Waals surface area (Å²) in [4.78, 5) is 2.04. The second-order valence-corrected chi connectivity index (χ2v) is 6.88. The van der Waals surface area contributed by atoms with E-state index in [1.807, 2.05) is 11.8 Å². The van der Waals surface area contributed by atoms with E-state index in [0.29, 0.717) is 13.2 Å². The molecule has 0 amide bonds. The Morgan fingerprint density at radius 1 is 1.04 bits per heavy atom. The van der Waals surface area contributed by atoms with Gasteiger partial charge in [0.05, 0.1) is 19.3 Å². The fourth-order valence-electron chi connectivity index (χ4n) is 3.09. The number of nitrogens with zero attached hydrogens (tertiary/aromatic N) is 1. The van der Waals surface area contributed by atoms with Crippen molar-refractivity contribution in [3.8, 4) is 0 Å². The summed E-state index contributed by atoms with van der Waals surface area (Å²) >= 11 is 0. The molecule has 1 N–H and O–H groups in total. The maximum atomic E-state index is 9.60. The van der Waals surface area contributed by atoms with Crippen molar-refractivity contribution in [2.75, 3.05) is 32.9 Å². The van der Waals surface area contributed by atoms with E-state index in [2.05, 4.69) is 6.92 Å². The van der Waals surface area contributed by atoms with Crippen LogP contribution in [0.15, 0.2) is 0 Å². The summed E-state index contributed by atoms with van der Waals surface area (Å²) in [6.07, 6.45) is 13.3. The summed E-state index contributed by atoms with van der Waals surface area (Å²) in [5.41, 5.74) is 0. The Morgan fingerprint density at radius 2 is 1.62 bits per heavy atom. The van der Waals surface area contributed by atoms with Crippen LogP contribution in [0.2, 0.25) is 0 Å². The smallest absolute Gasteiger partial charge is 0.104 e. The van der Waals surface area contributed by atoms with Gasteiger partial charge in [-0.25, -0.2) is 0 Å². The van der Waals surface area contributed by atoms with Gasteiger partial charge in [0.15, 0.2) is 0 Å². The number of aliphatic hydroxyl groups excluding tert-OH is 1. The van der Waals surface area contributed by atoms with Crippen LogP contribution in [0, 0.1) is 0 Å². The van der Waals surface area contributed by atoms with Gasteiger partial charge in [-0.1, -0.05) is 64.7 Å². The molecule has 4 nitrogen and oxygen atoms in total. The summed E-state index contributed by atoms with van der Waals surface area (Å²) in [6, 6.07) is 0. The Balaban J connectivity index is 0.00000529. The summed E-state index contributed by atoms with van der Waals surface area (Å²) in [6.45, 7) is 7.85. The number of unbranched alkanes of at least 4 members (excludes halogenated alkanes) is 9. The predicted molar refractivity (Wildman–Crippen MR) is 103 cm³/mol. The van der Waals surface area contributed by atoms with Crippen LogP contribution in [-0.4, -0.2) is 55.2 Å². The van der Waals surface area contributed by atoms with Crippen molar-refractivity contribution in [2.45, 2.75) is 90.4 Å². The van der Waals surface area contributed by atoms with E-state index < -0.39 is 0 Å². The lowest BCUT2D eigenvalue weighted by Crippen LogP contribution is -2.48. The normalized spacial score (nSPS) is 19.9. The van der Waals surface area contributed by atoms with Crippen LogP contribution in [0.5, 0.6) is 0 Å².